The molecule has 12 heavy (non-hydrogen) atoms. The molecule has 0 aliphatic rings. The summed E-state index contributed by atoms with van der Waals surface area (Å²) in [6.07, 6.45) is 1.81. The van der Waals surface area contributed by atoms with E-state index < -0.39 is 6.77 Å². The van der Waals surface area contributed by atoms with E-state index in [1.54, 1.807) is 0 Å². The molecular weight excluding hydrogens is 211 g/mol. The van der Waals surface area contributed by atoms with Gasteiger partial charge in [-0.15, -0.1) is 0 Å². The van der Waals surface area contributed by atoms with E-state index in [1.165, 1.54) is 0 Å². The Kier molecular flexibility index (Phi) is 3.04. The summed E-state index contributed by atoms with van der Waals surface area (Å²) in [5.41, 5.74) is 0. The molecule has 0 aliphatic carbocycles. The van der Waals surface area contributed by atoms with Crippen molar-refractivity contribution in [2.75, 3.05) is 0 Å². The Morgan fingerprint density at radius 1 is 1.33 bits per heavy atom. The van der Waals surface area contributed by atoms with Gasteiger partial charge in [-0.3, -0.25) is 0 Å². The van der Waals surface area contributed by atoms with E-state index in [0.717, 1.165) is 4.66 Å². The van der Waals surface area contributed by atoms with E-state index in [9.17, 15) is 0 Å². The van der Waals surface area contributed by atoms with Gasteiger partial charge in [0.15, 0.2) is 0 Å². The standard InChI is InChI=1S/C5H4N.C3H9Si.H2N.Ni/c1-2-4-6-5-3-1;1-4(2)3;;/h1-4H;1-3H3;1H2;/q;;-1;+1. The van der Waals surface area contributed by atoms with Gasteiger partial charge < -0.3 is 0 Å². The number of nitrogens with two attached hydrogens (primary N) is 1. The third kappa shape index (κ3) is 2.41. The summed E-state index contributed by atoms with van der Waals surface area (Å²) in [5.74, 6) is 0. The second-order valence-corrected chi connectivity index (χ2v) is 14.5. The van der Waals surface area contributed by atoms with Crippen LogP contribution < -0.4 is 9.48 Å². The van der Waals surface area contributed by atoms with Gasteiger partial charge in [0.1, 0.15) is 0 Å². The molecule has 4 heteroatoms. The fourth-order valence-electron chi connectivity index (χ4n) is 0.675. The van der Waals surface area contributed by atoms with Crippen molar-refractivity contribution in [3.8, 4) is 0 Å². The van der Waals surface area contributed by atoms with Gasteiger partial charge in [0, 0.05) is 0 Å². The van der Waals surface area contributed by atoms with Crippen LogP contribution >= 0.6 is 0 Å². The molecule has 0 bridgehead atoms. The summed E-state index contributed by atoms with van der Waals surface area (Å²) < 4.78 is 1.07. The van der Waals surface area contributed by atoms with Gasteiger partial charge in [-0.05, 0) is 0 Å². The molecule has 0 unspecified atom stereocenters. The molecule has 0 saturated heterocycles. The van der Waals surface area contributed by atoms with Crippen molar-refractivity contribution >= 4 is 11.4 Å². The number of rotatable bonds is 2. The quantitative estimate of drug-likeness (QED) is 0.765. The first kappa shape index (κ1) is 9.90. The van der Waals surface area contributed by atoms with Gasteiger partial charge in [0.2, 0.25) is 0 Å². The molecule has 1 rings (SSSR count). The average molecular weight is 226 g/mol. The van der Waals surface area contributed by atoms with Crippen LogP contribution in [0.3, 0.4) is 0 Å². The monoisotopic (exact) mass is 225 g/mol. The SMILES string of the molecule is C[Si](C)(C)[Ni]([NH2])[c]1ccccn1. The van der Waals surface area contributed by atoms with Crippen LogP contribution in [0.4, 0.5) is 0 Å². The predicted octanol–water partition coefficient (Wildman–Crippen LogP) is 1.03. The van der Waals surface area contributed by atoms with E-state index in [4.69, 9.17) is 4.81 Å². The zero-order valence-corrected chi connectivity index (χ0v) is 9.64. The Bertz CT molecular complexity index is 245. The summed E-state index contributed by atoms with van der Waals surface area (Å²) in [6, 6.07) is 5.94. The third-order valence-corrected chi connectivity index (χ3v) is 8.61. The molecule has 1 heterocycles. The molecule has 0 amide bonds. The maximum absolute atomic E-state index is 6.11. The molecule has 1 aromatic heterocycles. The Morgan fingerprint density at radius 2 is 2.00 bits per heavy atom. The van der Waals surface area contributed by atoms with E-state index >= 15 is 0 Å². The van der Waals surface area contributed by atoms with Gasteiger partial charge in [-0.2, -0.15) is 0 Å². The van der Waals surface area contributed by atoms with E-state index in [2.05, 4.69) is 24.6 Å². The molecule has 2 N–H and O–H groups in total. The molecule has 0 atom stereocenters. The minimum atomic E-state index is -1.24. The van der Waals surface area contributed by atoms with Gasteiger partial charge in [0.25, 0.3) is 0 Å². The van der Waals surface area contributed by atoms with Gasteiger partial charge in [0.05, 0.1) is 0 Å². The van der Waals surface area contributed by atoms with Crippen LogP contribution in [-0.4, -0.2) is 11.8 Å². The fourth-order valence-corrected chi connectivity index (χ4v) is 4.31. The second-order valence-electron chi connectivity index (χ2n) is 3.36. The van der Waals surface area contributed by atoms with E-state index in [0.29, 0.717) is 0 Å². The van der Waals surface area contributed by atoms with E-state index in [1.807, 2.05) is 24.4 Å². The Morgan fingerprint density at radius 3 is 2.42 bits per heavy atom. The molecule has 1 aromatic rings. The number of pyridine rings is 1. The predicted molar refractivity (Wildman–Crippen MR) is 51.4 cm³/mol. The molecule has 0 spiro atoms. The molecule has 71 valence electrons. The number of aromatic nitrogens is 1. The summed E-state index contributed by atoms with van der Waals surface area (Å²) in [7, 11) is 0. The van der Waals surface area contributed by atoms with Crippen molar-refractivity contribution in [3.63, 3.8) is 0 Å². The maximum atomic E-state index is 6.11. The molecule has 2 nitrogen and oxygen atoms in total. The molecule has 0 aromatic carbocycles. The third-order valence-electron chi connectivity index (χ3n) is 1.30. The van der Waals surface area contributed by atoms with Crippen molar-refractivity contribution < 1.29 is 13.0 Å². The minimum absolute atomic E-state index is 0.260. The van der Waals surface area contributed by atoms with Crippen LogP contribution in [0.25, 0.3) is 0 Å². The first-order valence-electron chi connectivity index (χ1n) is 3.77. The average Bonchev–Trinajstić information content (AvgIpc) is 2.03. The molecule has 0 aliphatic heterocycles. The van der Waals surface area contributed by atoms with Crippen LogP contribution in [0.5, 0.6) is 0 Å². The van der Waals surface area contributed by atoms with Gasteiger partial charge in [-0.25, -0.2) is 0 Å². The fraction of sp³-hybridized carbons (Fsp3) is 0.375. The van der Waals surface area contributed by atoms with Gasteiger partial charge in [-0.1, -0.05) is 0 Å². The van der Waals surface area contributed by atoms with Crippen molar-refractivity contribution in [1.29, 1.82) is 0 Å². The Hall–Kier alpha value is -0.180. The molecule has 0 fully saturated rings. The normalized spacial score (nSPS) is 12.8. The van der Waals surface area contributed by atoms with Crippen molar-refractivity contribution in [3.05, 3.63) is 24.4 Å². The molecule has 0 saturated carbocycles. The Labute approximate surface area is 78.5 Å². The summed E-state index contributed by atoms with van der Waals surface area (Å²) in [6.45, 7) is 5.58. The Balaban J connectivity index is 2.86. The van der Waals surface area contributed by atoms with Crippen LogP contribution in [0, 0.1) is 0 Å². The van der Waals surface area contributed by atoms with Crippen molar-refractivity contribution in [1.82, 2.24) is 4.98 Å². The summed E-state index contributed by atoms with van der Waals surface area (Å²) >= 11 is -0.260. The zero-order valence-electron chi connectivity index (χ0n) is 7.65. The first-order valence-corrected chi connectivity index (χ1v) is 9.63. The van der Waals surface area contributed by atoms with Crippen LogP contribution in [0.1, 0.15) is 0 Å². The van der Waals surface area contributed by atoms with Crippen molar-refractivity contribution in [2.45, 2.75) is 19.6 Å². The number of nitrogens with zero attached hydrogens (tertiary/aromatic N) is 1. The van der Waals surface area contributed by atoms with Crippen LogP contribution in [0.15, 0.2) is 24.4 Å². The topological polar surface area (TPSA) is 38.9 Å². The summed E-state index contributed by atoms with van der Waals surface area (Å²) in [4.78, 5) is 10.4. The first-order chi connectivity index (χ1) is 5.52. The number of hydrogen-bond donors (Lipinski definition) is 1. The molecule has 0 radical (unpaired) electrons. The summed E-state index contributed by atoms with van der Waals surface area (Å²) in [5, 5.41) is 0. The van der Waals surface area contributed by atoms with Crippen LogP contribution in [0.2, 0.25) is 19.6 Å². The van der Waals surface area contributed by atoms with E-state index in [-0.39, 0.29) is 13.0 Å². The van der Waals surface area contributed by atoms with Gasteiger partial charge >= 0.3 is 78.3 Å². The zero-order chi connectivity index (χ0) is 9.19. The number of hydrogen-bond acceptors (Lipinski definition) is 2. The van der Waals surface area contributed by atoms with Crippen LogP contribution in [-0.2, 0) is 13.0 Å². The van der Waals surface area contributed by atoms with Crippen molar-refractivity contribution in [2.24, 2.45) is 4.81 Å². The second kappa shape index (κ2) is 3.69. The molecular formula is C8H15N2NiSi.